The average molecular weight is 300 g/mol. The molecule has 0 saturated heterocycles. The summed E-state index contributed by atoms with van der Waals surface area (Å²) in [6, 6.07) is 3.27. The first kappa shape index (κ1) is 14.7. The van der Waals surface area contributed by atoms with Gasteiger partial charge in [-0.2, -0.15) is 0 Å². The number of anilines is 1. The van der Waals surface area contributed by atoms with Crippen molar-refractivity contribution >= 4 is 34.7 Å². The molecule has 3 atom stereocenters. The molecule has 104 valence electrons. The minimum absolute atomic E-state index is 0.0851. The zero-order valence-electron chi connectivity index (χ0n) is 11.2. The second kappa shape index (κ2) is 5.72. The summed E-state index contributed by atoms with van der Waals surface area (Å²) in [4.78, 5) is 12.5. The molecule has 4 heteroatoms. The molecule has 2 nitrogen and oxygen atoms in total. The van der Waals surface area contributed by atoms with Gasteiger partial charge in [0.25, 0.3) is 0 Å². The molecule has 0 spiro atoms. The Morgan fingerprint density at radius 2 is 1.74 bits per heavy atom. The fourth-order valence-electron chi connectivity index (χ4n) is 2.75. The minimum atomic E-state index is 0.0851. The maximum atomic E-state index is 12.5. The molecule has 1 aromatic rings. The number of nitrogens with two attached hydrogens (primary N) is 1. The van der Waals surface area contributed by atoms with Gasteiger partial charge in [-0.05, 0) is 43.2 Å². The van der Waals surface area contributed by atoms with Gasteiger partial charge in [-0.25, -0.2) is 0 Å². The van der Waals surface area contributed by atoms with Crippen molar-refractivity contribution in [1.29, 1.82) is 0 Å². The van der Waals surface area contributed by atoms with Crippen LogP contribution in [-0.4, -0.2) is 5.78 Å². The minimum Gasteiger partial charge on any atom is -0.396 e. The topological polar surface area (TPSA) is 43.1 Å². The van der Waals surface area contributed by atoms with E-state index in [1.807, 2.05) is 0 Å². The lowest BCUT2D eigenvalue weighted by atomic mass is 9.73. The molecule has 19 heavy (non-hydrogen) atoms. The summed E-state index contributed by atoms with van der Waals surface area (Å²) in [5.74, 6) is 1.51. The SMILES string of the molecule is CC1CCC(C(=O)c2cc(Cl)c(N)c(Cl)c2)CC1C. The maximum Gasteiger partial charge on any atom is 0.166 e. The van der Waals surface area contributed by atoms with E-state index >= 15 is 0 Å². The van der Waals surface area contributed by atoms with Crippen molar-refractivity contribution in [2.45, 2.75) is 33.1 Å². The zero-order valence-corrected chi connectivity index (χ0v) is 12.8. The third kappa shape index (κ3) is 3.06. The van der Waals surface area contributed by atoms with Gasteiger partial charge < -0.3 is 5.73 Å². The molecule has 1 saturated carbocycles. The molecule has 0 amide bonds. The van der Waals surface area contributed by atoms with Gasteiger partial charge in [0.1, 0.15) is 0 Å². The summed E-state index contributed by atoms with van der Waals surface area (Å²) in [6.07, 6.45) is 3.00. The Bertz CT molecular complexity index is 478. The molecule has 0 aromatic heterocycles. The first-order valence-electron chi connectivity index (χ1n) is 6.69. The number of nitrogen functional groups attached to an aromatic ring is 1. The first-order chi connectivity index (χ1) is 8.90. The molecule has 2 rings (SSSR count). The predicted molar refractivity (Wildman–Crippen MR) is 80.9 cm³/mol. The number of Topliss-reactive ketones (excluding diaryl/α,β-unsaturated/α-hetero) is 1. The molecule has 0 aliphatic heterocycles. The van der Waals surface area contributed by atoms with Gasteiger partial charge >= 0.3 is 0 Å². The van der Waals surface area contributed by atoms with Crippen LogP contribution in [0.2, 0.25) is 10.0 Å². The van der Waals surface area contributed by atoms with Crippen LogP contribution in [0.1, 0.15) is 43.5 Å². The number of ketones is 1. The highest BCUT2D eigenvalue weighted by molar-refractivity contribution is 6.39. The van der Waals surface area contributed by atoms with E-state index in [-0.39, 0.29) is 11.7 Å². The molecule has 0 radical (unpaired) electrons. The van der Waals surface area contributed by atoms with E-state index in [4.69, 9.17) is 28.9 Å². The Kier molecular flexibility index (Phi) is 4.42. The summed E-state index contributed by atoms with van der Waals surface area (Å²) in [5.41, 5.74) is 6.61. The summed E-state index contributed by atoms with van der Waals surface area (Å²) in [6.45, 7) is 4.47. The lowest BCUT2D eigenvalue weighted by Crippen LogP contribution is -2.26. The highest BCUT2D eigenvalue weighted by Gasteiger charge is 2.30. The third-order valence-corrected chi connectivity index (χ3v) is 4.96. The summed E-state index contributed by atoms with van der Waals surface area (Å²) < 4.78 is 0. The van der Waals surface area contributed by atoms with E-state index in [0.29, 0.717) is 33.1 Å². The molecule has 0 heterocycles. The summed E-state index contributed by atoms with van der Waals surface area (Å²) in [7, 11) is 0. The van der Waals surface area contributed by atoms with Crippen molar-refractivity contribution in [3.8, 4) is 0 Å². The molecule has 1 aliphatic rings. The van der Waals surface area contributed by atoms with Crippen molar-refractivity contribution in [2.75, 3.05) is 5.73 Å². The van der Waals surface area contributed by atoms with E-state index in [2.05, 4.69) is 13.8 Å². The van der Waals surface area contributed by atoms with Crippen LogP contribution in [0.5, 0.6) is 0 Å². The van der Waals surface area contributed by atoms with Crippen molar-refractivity contribution in [3.05, 3.63) is 27.7 Å². The highest BCUT2D eigenvalue weighted by atomic mass is 35.5. The number of benzene rings is 1. The van der Waals surface area contributed by atoms with Crippen LogP contribution >= 0.6 is 23.2 Å². The largest absolute Gasteiger partial charge is 0.396 e. The van der Waals surface area contributed by atoms with Gasteiger partial charge in [0, 0.05) is 11.5 Å². The van der Waals surface area contributed by atoms with E-state index in [9.17, 15) is 4.79 Å². The Hall–Kier alpha value is -0.730. The second-order valence-corrected chi connectivity index (χ2v) is 6.50. The number of rotatable bonds is 2. The number of carbonyl (C=O) groups excluding carboxylic acids is 1. The van der Waals surface area contributed by atoms with Crippen molar-refractivity contribution in [3.63, 3.8) is 0 Å². The number of halogens is 2. The molecule has 2 N–H and O–H groups in total. The molecular formula is C15H19Cl2NO. The Labute approximate surface area is 124 Å². The summed E-state index contributed by atoms with van der Waals surface area (Å²) in [5, 5.41) is 0.709. The number of hydrogen-bond donors (Lipinski definition) is 1. The summed E-state index contributed by atoms with van der Waals surface area (Å²) >= 11 is 12.0. The quantitative estimate of drug-likeness (QED) is 0.628. The maximum absolute atomic E-state index is 12.5. The van der Waals surface area contributed by atoms with Crippen LogP contribution in [0, 0.1) is 17.8 Å². The van der Waals surface area contributed by atoms with Crippen LogP contribution in [0.3, 0.4) is 0 Å². The Morgan fingerprint density at radius 1 is 1.16 bits per heavy atom. The Balaban J connectivity index is 2.20. The number of carbonyl (C=O) groups is 1. The molecule has 3 unspecified atom stereocenters. The van der Waals surface area contributed by atoms with Gasteiger partial charge in [-0.15, -0.1) is 0 Å². The monoisotopic (exact) mass is 299 g/mol. The van der Waals surface area contributed by atoms with Crippen LogP contribution in [-0.2, 0) is 0 Å². The van der Waals surface area contributed by atoms with E-state index < -0.39 is 0 Å². The fraction of sp³-hybridized carbons (Fsp3) is 0.533. The van der Waals surface area contributed by atoms with Crippen LogP contribution in [0.4, 0.5) is 5.69 Å². The standard InChI is InChI=1S/C15H19Cl2NO/c1-8-3-4-10(5-9(8)2)15(19)11-6-12(16)14(18)13(17)7-11/h6-10H,3-5,18H2,1-2H3. The Morgan fingerprint density at radius 3 is 2.26 bits per heavy atom. The van der Waals surface area contributed by atoms with Gasteiger partial charge in [-0.1, -0.05) is 37.0 Å². The van der Waals surface area contributed by atoms with Crippen LogP contribution in [0.15, 0.2) is 12.1 Å². The van der Waals surface area contributed by atoms with Crippen LogP contribution in [0.25, 0.3) is 0 Å². The van der Waals surface area contributed by atoms with Crippen molar-refractivity contribution in [1.82, 2.24) is 0 Å². The normalized spacial score (nSPS) is 27.3. The van der Waals surface area contributed by atoms with Crippen LogP contribution < -0.4 is 5.73 Å². The van der Waals surface area contributed by atoms with Gasteiger partial charge in [0.05, 0.1) is 15.7 Å². The molecule has 0 bridgehead atoms. The highest BCUT2D eigenvalue weighted by Crippen LogP contribution is 2.36. The van der Waals surface area contributed by atoms with Crippen molar-refractivity contribution < 1.29 is 4.79 Å². The van der Waals surface area contributed by atoms with E-state index in [0.717, 1.165) is 19.3 Å². The zero-order chi connectivity index (χ0) is 14.2. The van der Waals surface area contributed by atoms with Crippen molar-refractivity contribution in [2.24, 2.45) is 17.8 Å². The molecular weight excluding hydrogens is 281 g/mol. The number of hydrogen-bond acceptors (Lipinski definition) is 2. The molecule has 1 aliphatic carbocycles. The lowest BCUT2D eigenvalue weighted by molar-refractivity contribution is 0.0837. The fourth-order valence-corrected chi connectivity index (χ4v) is 3.23. The predicted octanol–water partition coefficient (Wildman–Crippen LogP) is 4.83. The molecule has 1 aromatic carbocycles. The van der Waals surface area contributed by atoms with Gasteiger partial charge in [-0.3, -0.25) is 4.79 Å². The smallest absolute Gasteiger partial charge is 0.166 e. The third-order valence-electron chi connectivity index (χ3n) is 4.33. The van der Waals surface area contributed by atoms with E-state index in [1.165, 1.54) is 0 Å². The average Bonchev–Trinajstić information content (AvgIpc) is 2.37. The second-order valence-electron chi connectivity index (χ2n) is 5.68. The van der Waals surface area contributed by atoms with Gasteiger partial charge in [0.15, 0.2) is 5.78 Å². The first-order valence-corrected chi connectivity index (χ1v) is 7.44. The lowest BCUT2D eigenvalue weighted by Gasteiger charge is -2.31. The van der Waals surface area contributed by atoms with Gasteiger partial charge in [0.2, 0.25) is 0 Å². The molecule has 1 fully saturated rings. The van der Waals surface area contributed by atoms with E-state index in [1.54, 1.807) is 12.1 Å².